The molecule has 0 saturated heterocycles. The number of aryl methyl sites for hydroxylation is 1. The first-order chi connectivity index (χ1) is 8.65. The average Bonchev–Trinajstić information content (AvgIpc) is 2.38. The van der Waals surface area contributed by atoms with Crippen LogP contribution < -0.4 is 0 Å². The second kappa shape index (κ2) is 5.08. The fourth-order valence-electron chi connectivity index (χ4n) is 1.90. The Kier molecular flexibility index (Phi) is 3.51. The minimum Gasteiger partial charge on any atom is -0.288 e. The van der Waals surface area contributed by atoms with Crippen molar-refractivity contribution in [2.75, 3.05) is 0 Å². The lowest BCUT2D eigenvalue weighted by atomic mass is 9.96. The maximum absolute atomic E-state index is 13.6. The highest BCUT2D eigenvalue weighted by molar-refractivity contribution is 6.10. The van der Waals surface area contributed by atoms with Crippen LogP contribution in [0.3, 0.4) is 0 Å². The zero-order valence-corrected chi connectivity index (χ0v) is 9.91. The fraction of sp³-hybridized carbons (Fsp3) is 0.133. The molecule has 0 atom stereocenters. The molecule has 0 heterocycles. The molecule has 0 saturated carbocycles. The summed E-state index contributed by atoms with van der Waals surface area (Å²) in [7, 11) is 0. The van der Waals surface area contributed by atoms with E-state index in [-0.39, 0.29) is 0 Å². The third-order valence-electron chi connectivity index (χ3n) is 2.83. The van der Waals surface area contributed by atoms with E-state index < -0.39 is 23.0 Å². The third kappa shape index (κ3) is 2.16. The molecule has 0 aromatic heterocycles. The van der Waals surface area contributed by atoms with Gasteiger partial charge in [0.2, 0.25) is 0 Å². The number of rotatable bonds is 3. The Hall–Kier alpha value is -2.03. The molecule has 0 N–H and O–H groups in total. The second-order valence-electron chi connectivity index (χ2n) is 3.94. The van der Waals surface area contributed by atoms with Crippen LogP contribution in [0.25, 0.3) is 0 Å². The van der Waals surface area contributed by atoms with Crippen LogP contribution in [0.1, 0.15) is 28.4 Å². The van der Waals surface area contributed by atoms with E-state index in [0.29, 0.717) is 12.0 Å². The average molecular weight is 246 g/mol. The minimum atomic E-state index is -0.828. The van der Waals surface area contributed by atoms with Gasteiger partial charge in [-0.3, -0.25) is 4.79 Å². The highest BCUT2D eigenvalue weighted by Crippen LogP contribution is 2.19. The second-order valence-corrected chi connectivity index (χ2v) is 3.94. The zero-order valence-electron chi connectivity index (χ0n) is 9.91. The number of benzene rings is 2. The summed E-state index contributed by atoms with van der Waals surface area (Å²) in [5.41, 5.74) is 0.646. The van der Waals surface area contributed by atoms with Crippen LogP contribution in [0.5, 0.6) is 0 Å². The highest BCUT2D eigenvalue weighted by Gasteiger charge is 2.20. The van der Waals surface area contributed by atoms with Crippen molar-refractivity contribution in [1.29, 1.82) is 0 Å². The standard InChI is InChI=1S/C15H12F2O/c1-2-10-6-3-4-7-11(10)15(18)14-12(16)8-5-9-13(14)17/h3-9H,2H2,1H3. The number of carbonyl (C=O) groups excluding carboxylic acids is 1. The summed E-state index contributed by atoms with van der Waals surface area (Å²) in [4.78, 5) is 12.2. The number of ketones is 1. The highest BCUT2D eigenvalue weighted by atomic mass is 19.1. The van der Waals surface area contributed by atoms with Gasteiger partial charge in [0, 0.05) is 5.56 Å². The van der Waals surface area contributed by atoms with Gasteiger partial charge in [0.25, 0.3) is 0 Å². The zero-order chi connectivity index (χ0) is 13.1. The topological polar surface area (TPSA) is 17.1 Å². The first kappa shape index (κ1) is 12.4. The lowest BCUT2D eigenvalue weighted by molar-refractivity contribution is 0.103. The van der Waals surface area contributed by atoms with Crippen molar-refractivity contribution in [1.82, 2.24) is 0 Å². The van der Waals surface area contributed by atoms with Gasteiger partial charge < -0.3 is 0 Å². The van der Waals surface area contributed by atoms with Gasteiger partial charge in [-0.05, 0) is 24.1 Å². The molecule has 2 aromatic rings. The Bertz CT molecular complexity index is 571. The van der Waals surface area contributed by atoms with Crippen LogP contribution >= 0.6 is 0 Å². The van der Waals surface area contributed by atoms with Gasteiger partial charge >= 0.3 is 0 Å². The van der Waals surface area contributed by atoms with Crippen molar-refractivity contribution in [2.45, 2.75) is 13.3 Å². The molecular formula is C15H12F2O. The smallest absolute Gasteiger partial charge is 0.199 e. The Balaban J connectivity index is 2.55. The minimum absolute atomic E-state index is 0.351. The predicted octanol–water partition coefficient (Wildman–Crippen LogP) is 3.76. The SMILES string of the molecule is CCc1ccccc1C(=O)c1c(F)cccc1F. The monoisotopic (exact) mass is 246 g/mol. The fourth-order valence-corrected chi connectivity index (χ4v) is 1.90. The van der Waals surface area contributed by atoms with Gasteiger partial charge in [-0.15, -0.1) is 0 Å². The molecule has 2 rings (SSSR count). The van der Waals surface area contributed by atoms with Gasteiger partial charge in [-0.25, -0.2) is 8.78 Å². The molecule has 2 aromatic carbocycles. The maximum Gasteiger partial charge on any atom is 0.199 e. The summed E-state index contributed by atoms with van der Waals surface area (Å²) >= 11 is 0. The Morgan fingerprint density at radius 3 is 2.22 bits per heavy atom. The van der Waals surface area contributed by atoms with Crippen molar-refractivity contribution < 1.29 is 13.6 Å². The van der Waals surface area contributed by atoms with Crippen LogP contribution in [0, 0.1) is 11.6 Å². The molecule has 3 heteroatoms. The molecule has 0 aliphatic heterocycles. The molecular weight excluding hydrogens is 234 g/mol. The maximum atomic E-state index is 13.6. The summed E-state index contributed by atoms with van der Waals surface area (Å²) in [6, 6.07) is 10.3. The van der Waals surface area contributed by atoms with Crippen LogP contribution in [0.2, 0.25) is 0 Å². The van der Waals surface area contributed by atoms with Crippen LogP contribution in [0.15, 0.2) is 42.5 Å². The van der Waals surface area contributed by atoms with Gasteiger partial charge in [0.05, 0.1) is 5.56 Å². The molecule has 0 spiro atoms. The number of carbonyl (C=O) groups is 1. The summed E-state index contributed by atoms with van der Waals surface area (Å²) in [5, 5.41) is 0. The Morgan fingerprint density at radius 1 is 1.00 bits per heavy atom. The van der Waals surface area contributed by atoms with Gasteiger partial charge in [0.15, 0.2) is 5.78 Å². The third-order valence-corrected chi connectivity index (χ3v) is 2.83. The van der Waals surface area contributed by atoms with Crippen LogP contribution in [-0.4, -0.2) is 5.78 Å². The summed E-state index contributed by atoms with van der Waals surface area (Å²) < 4.78 is 27.1. The van der Waals surface area contributed by atoms with E-state index in [1.54, 1.807) is 24.3 Å². The first-order valence-electron chi connectivity index (χ1n) is 5.71. The van der Waals surface area contributed by atoms with E-state index in [1.807, 2.05) is 6.92 Å². The molecule has 0 unspecified atom stereocenters. The van der Waals surface area contributed by atoms with Gasteiger partial charge in [-0.1, -0.05) is 37.3 Å². The number of hydrogen-bond acceptors (Lipinski definition) is 1. The van der Waals surface area contributed by atoms with Crippen molar-refractivity contribution in [3.8, 4) is 0 Å². The molecule has 0 radical (unpaired) electrons. The normalized spacial score (nSPS) is 10.4. The largest absolute Gasteiger partial charge is 0.288 e. The lowest BCUT2D eigenvalue weighted by Gasteiger charge is -2.08. The summed E-state index contributed by atoms with van der Waals surface area (Å²) in [6.07, 6.45) is 0.637. The summed E-state index contributed by atoms with van der Waals surface area (Å²) in [6.45, 7) is 1.89. The van der Waals surface area contributed by atoms with Crippen molar-refractivity contribution in [3.63, 3.8) is 0 Å². The molecule has 92 valence electrons. The molecule has 1 nitrogen and oxygen atoms in total. The Morgan fingerprint density at radius 2 is 1.61 bits per heavy atom. The van der Waals surface area contributed by atoms with E-state index in [4.69, 9.17) is 0 Å². The van der Waals surface area contributed by atoms with Gasteiger partial charge in [0.1, 0.15) is 11.6 Å². The van der Waals surface area contributed by atoms with Crippen LogP contribution in [-0.2, 0) is 6.42 Å². The number of hydrogen-bond donors (Lipinski definition) is 0. The van der Waals surface area contributed by atoms with Crippen molar-refractivity contribution in [3.05, 3.63) is 70.8 Å². The molecule has 18 heavy (non-hydrogen) atoms. The van der Waals surface area contributed by atoms with E-state index in [2.05, 4.69) is 0 Å². The molecule has 0 amide bonds. The molecule has 0 fully saturated rings. The predicted molar refractivity (Wildman–Crippen MR) is 65.6 cm³/mol. The summed E-state index contributed by atoms with van der Waals surface area (Å²) in [5.74, 6) is -2.26. The van der Waals surface area contributed by atoms with E-state index >= 15 is 0 Å². The number of halogens is 2. The van der Waals surface area contributed by atoms with E-state index in [9.17, 15) is 13.6 Å². The molecule has 0 bridgehead atoms. The van der Waals surface area contributed by atoms with Crippen LogP contribution in [0.4, 0.5) is 8.78 Å². The Labute approximate surface area is 104 Å². The van der Waals surface area contributed by atoms with Crippen molar-refractivity contribution in [2.24, 2.45) is 0 Å². The first-order valence-corrected chi connectivity index (χ1v) is 5.71. The van der Waals surface area contributed by atoms with Gasteiger partial charge in [-0.2, -0.15) is 0 Å². The van der Waals surface area contributed by atoms with Crippen molar-refractivity contribution >= 4 is 5.78 Å². The lowest BCUT2D eigenvalue weighted by Crippen LogP contribution is -2.09. The van der Waals surface area contributed by atoms with E-state index in [1.165, 1.54) is 6.07 Å². The molecule has 0 aliphatic carbocycles. The van der Waals surface area contributed by atoms with E-state index in [0.717, 1.165) is 17.7 Å². The molecule has 0 aliphatic rings. The quantitative estimate of drug-likeness (QED) is 0.754.